The fraction of sp³-hybridized carbons (Fsp3) is 0.857. The Morgan fingerprint density at radius 2 is 1.54 bits per heavy atom. The van der Waals surface area contributed by atoms with Crippen molar-refractivity contribution in [1.82, 2.24) is 10.6 Å². The van der Waals surface area contributed by atoms with E-state index in [4.69, 9.17) is 4.74 Å². The highest BCUT2D eigenvalue weighted by atomic mass is 16.5. The normalized spacial score (nSPS) is 39.9. The van der Waals surface area contributed by atoms with Gasteiger partial charge < -0.3 is 15.0 Å². The second-order valence-electron chi connectivity index (χ2n) is 9.82. The summed E-state index contributed by atoms with van der Waals surface area (Å²) in [5.74, 6) is 1.80. The predicted molar refractivity (Wildman–Crippen MR) is 102 cm³/mol. The van der Waals surface area contributed by atoms with Gasteiger partial charge in [0.05, 0.1) is 26.1 Å². The summed E-state index contributed by atoms with van der Waals surface area (Å²) >= 11 is 0. The molecule has 28 heavy (non-hydrogen) atoms. The van der Waals surface area contributed by atoms with Gasteiger partial charge in [-0.25, -0.2) is 4.79 Å². The van der Waals surface area contributed by atoms with Crippen molar-refractivity contribution in [2.75, 3.05) is 20.2 Å². The van der Waals surface area contributed by atoms with E-state index >= 15 is 0 Å². The highest BCUT2D eigenvalue weighted by Crippen LogP contribution is 2.55. The summed E-state index contributed by atoms with van der Waals surface area (Å²) in [6, 6.07) is -0.636. The number of esters is 1. The van der Waals surface area contributed by atoms with Crippen LogP contribution in [0, 0.1) is 23.7 Å². The summed E-state index contributed by atoms with van der Waals surface area (Å²) in [5, 5.41) is 5.80. The highest BCUT2D eigenvalue weighted by Gasteiger charge is 2.51. The Bertz CT molecular complexity index is 606. The minimum Gasteiger partial charge on any atom is -0.469 e. The molecule has 0 spiro atoms. The molecule has 0 aromatic heterocycles. The molecule has 0 unspecified atom stereocenters. The molecule has 5 aliphatic rings. The second kappa shape index (κ2) is 7.65. The maximum absolute atomic E-state index is 12.6. The number of methoxy groups -OCH3 is 1. The molecule has 0 aromatic rings. The van der Waals surface area contributed by atoms with Crippen LogP contribution in [-0.4, -0.2) is 49.7 Å². The molecule has 1 atom stereocenters. The number of quaternary nitrogens is 1. The van der Waals surface area contributed by atoms with Gasteiger partial charge in [-0.15, -0.1) is 0 Å². The summed E-state index contributed by atoms with van der Waals surface area (Å²) in [7, 11) is 1.42. The largest absolute Gasteiger partial charge is 0.469 e. The summed E-state index contributed by atoms with van der Waals surface area (Å²) < 4.78 is 4.82. The van der Waals surface area contributed by atoms with Crippen LogP contribution in [0.25, 0.3) is 0 Å². The minimum absolute atomic E-state index is 0.0663. The number of imide groups is 1. The minimum atomic E-state index is -0.331. The van der Waals surface area contributed by atoms with E-state index in [1.165, 1.54) is 26.4 Å². The van der Waals surface area contributed by atoms with Crippen molar-refractivity contribution < 1.29 is 24.0 Å². The number of rotatable bonds is 4. The van der Waals surface area contributed by atoms with Crippen molar-refractivity contribution in [1.29, 1.82) is 0 Å². The molecule has 0 aromatic carbocycles. The van der Waals surface area contributed by atoms with Crippen molar-refractivity contribution in [2.45, 2.75) is 69.9 Å². The van der Waals surface area contributed by atoms with E-state index < -0.39 is 0 Å². The first-order chi connectivity index (χ1) is 13.4. The van der Waals surface area contributed by atoms with Crippen molar-refractivity contribution in [3.63, 3.8) is 0 Å². The predicted octanol–water partition coefficient (Wildman–Crippen LogP) is 0.637. The van der Waals surface area contributed by atoms with Crippen molar-refractivity contribution in [2.24, 2.45) is 23.7 Å². The van der Waals surface area contributed by atoms with Crippen LogP contribution >= 0.6 is 0 Å². The molecule has 4 aliphatic carbocycles. The number of carbonyl (C=O) groups is 3. The molecule has 1 heterocycles. The van der Waals surface area contributed by atoms with Crippen LogP contribution in [0.4, 0.5) is 4.79 Å². The summed E-state index contributed by atoms with van der Waals surface area (Å²) in [5.41, 5.74) is -0.0892. The molecule has 7 heteroatoms. The zero-order valence-corrected chi connectivity index (χ0v) is 17.1. The Morgan fingerprint density at radius 3 is 2.04 bits per heavy atom. The standard InChI is InChI=1S/C21H33N3O4/c1-13(24-5-3-17(4-6-24)19(26)28-2)18(25)22-20(27)23-21-10-14-7-15(11-21)9-16(8-14)12-21/h13-17H,3-12H2,1-2H3,(H2,22,23,25,27)/p+1/t13-,14?,15?,16?,21?/m0/s1. The average molecular weight is 393 g/mol. The molecule has 4 bridgehead atoms. The van der Waals surface area contributed by atoms with Gasteiger partial charge >= 0.3 is 12.0 Å². The van der Waals surface area contributed by atoms with Gasteiger partial charge in [-0.2, -0.15) is 0 Å². The molecule has 3 N–H and O–H groups in total. The van der Waals surface area contributed by atoms with Crippen molar-refractivity contribution in [3.8, 4) is 0 Å². The van der Waals surface area contributed by atoms with E-state index in [1.54, 1.807) is 0 Å². The third-order valence-electron chi connectivity index (χ3n) is 7.82. The number of carbonyl (C=O) groups excluding carboxylic acids is 3. The van der Waals surface area contributed by atoms with Gasteiger partial charge in [-0.3, -0.25) is 14.9 Å². The van der Waals surface area contributed by atoms with Gasteiger partial charge in [-0.05, 0) is 63.2 Å². The maximum Gasteiger partial charge on any atom is 0.322 e. The zero-order chi connectivity index (χ0) is 19.9. The lowest BCUT2D eigenvalue weighted by atomic mass is 9.53. The topological polar surface area (TPSA) is 88.9 Å². The fourth-order valence-corrected chi connectivity index (χ4v) is 6.77. The summed E-state index contributed by atoms with van der Waals surface area (Å²) in [4.78, 5) is 38.0. The third kappa shape index (κ3) is 3.91. The van der Waals surface area contributed by atoms with Crippen LogP contribution in [0.5, 0.6) is 0 Å². The van der Waals surface area contributed by atoms with Crippen molar-refractivity contribution in [3.05, 3.63) is 0 Å². The van der Waals surface area contributed by atoms with E-state index in [9.17, 15) is 14.4 Å². The van der Waals surface area contributed by atoms with Gasteiger partial charge in [0.1, 0.15) is 0 Å². The van der Waals surface area contributed by atoms with E-state index in [-0.39, 0.29) is 35.4 Å². The first-order valence-corrected chi connectivity index (χ1v) is 10.9. The average Bonchev–Trinajstić information content (AvgIpc) is 2.65. The number of likely N-dealkylation sites (tertiary alicyclic amines) is 1. The Kier molecular flexibility index (Phi) is 5.38. The first kappa shape index (κ1) is 19.7. The smallest absolute Gasteiger partial charge is 0.322 e. The highest BCUT2D eigenvalue weighted by molar-refractivity contribution is 5.96. The fourth-order valence-electron chi connectivity index (χ4n) is 6.77. The maximum atomic E-state index is 12.6. The molecule has 1 saturated heterocycles. The molecule has 3 amide bonds. The van der Waals surface area contributed by atoms with Gasteiger partial charge in [0.15, 0.2) is 6.04 Å². The van der Waals surface area contributed by atoms with E-state index in [0.29, 0.717) is 0 Å². The molecular weight excluding hydrogens is 358 g/mol. The number of ether oxygens (including phenoxy) is 1. The third-order valence-corrected chi connectivity index (χ3v) is 7.82. The second-order valence-corrected chi connectivity index (χ2v) is 9.82. The quantitative estimate of drug-likeness (QED) is 0.613. The molecule has 4 saturated carbocycles. The Balaban J connectivity index is 1.27. The number of piperidine rings is 1. The van der Waals surface area contributed by atoms with Crippen LogP contribution < -0.4 is 15.5 Å². The van der Waals surface area contributed by atoms with Crippen LogP contribution in [0.15, 0.2) is 0 Å². The summed E-state index contributed by atoms with van der Waals surface area (Å²) in [6.07, 6.45) is 8.63. The van der Waals surface area contributed by atoms with Crippen LogP contribution in [0.1, 0.15) is 58.3 Å². The van der Waals surface area contributed by atoms with Crippen LogP contribution in [0.3, 0.4) is 0 Å². The van der Waals surface area contributed by atoms with E-state index in [0.717, 1.165) is 67.8 Å². The van der Waals surface area contributed by atoms with Crippen LogP contribution in [0.2, 0.25) is 0 Å². The zero-order valence-electron chi connectivity index (χ0n) is 17.1. The molecule has 156 valence electrons. The van der Waals surface area contributed by atoms with Crippen molar-refractivity contribution >= 4 is 17.9 Å². The van der Waals surface area contributed by atoms with Gasteiger partial charge in [0, 0.05) is 18.4 Å². The number of nitrogens with one attached hydrogen (secondary N) is 3. The lowest BCUT2D eigenvalue weighted by Crippen LogP contribution is -3.17. The van der Waals surface area contributed by atoms with Crippen LogP contribution in [-0.2, 0) is 14.3 Å². The number of hydrogen-bond acceptors (Lipinski definition) is 4. The molecule has 1 aliphatic heterocycles. The Hall–Kier alpha value is -1.63. The number of urea groups is 1. The Labute approximate surface area is 166 Å². The lowest BCUT2D eigenvalue weighted by Gasteiger charge is -2.56. The number of hydrogen-bond donors (Lipinski definition) is 3. The van der Waals surface area contributed by atoms with E-state index in [2.05, 4.69) is 10.6 Å². The molecule has 7 nitrogen and oxygen atoms in total. The molecule has 5 fully saturated rings. The lowest BCUT2D eigenvalue weighted by molar-refractivity contribution is -0.919. The number of amides is 3. The first-order valence-electron chi connectivity index (χ1n) is 10.9. The SMILES string of the molecule is COC(=O)C1CC[NH+]([C@@H](C)C(=O)NC(=O)NC23CC4CC(CC(C4)C2)C3)CC1. The molecule has 5 rings (SSSR count). The molecular formula is C21H34N3O4+. The van der Waals surface area contributed by atoms with Gasteiger partial charge in [-0.1, -0.05) is 0 Å². The van der Waals surface area contributed by atoms with E-state index in [1.807, 2.05) is 6.92 Å². The monoisotopic (exact) mass is 392 g/mol. The molecule has 0 radical (unpaired) electrons. The Morgan fingerprint density at radius 1 is 1.00 bits per heavy atom. The summed E-state index contributed by atoms with van der Waals surface area (Å²) in [6.45, 7) is 3.34. The van der Waals surface area contributed by atoms with Gasteiger partial charge in [0.2, 0.25) is 0 Å². The van der Waals surface area contributed by atoms with Gasteiger partial charge in [0.25, 0.3) is 5.91 Å².